The number of rotatable bonds is 5. The Hall–Kier alpha value is -2.66. The summed E-state index contributed by atoms with van der Waals surface area (Å²) in [6.45, 7) is 6.84. The Balaban J connectivity index is 1.80. The summed E-state index contributed by atoms with van der Waals surface area (Å²) in [6.07, 6.45) is 0.596. The molecule has 2 aliphatic rings. The Morgan fingerprint density at radius 2 is 2.06 bits per heavy atom. The summed E-state index contributed by atoms with van der Waals surface area (Å²) in [5.41, 5.74) is 0.249. The fourth-order valence-corrected chi connectivity index (χ4v) is 5.61. The van der Waals surface area contributed by atoms with E-state index in [-0.39, 0.29) is 17.4 Å². The first kappa shape index (κ1) is 21.6. The molecular weight excluding hydrogens is 422 g/mol. The summed E-state index contributed by atoms with van der Waals surface area (Å²) in [5, 5.41) is 9.67. The maximum Gasteiger partial charge on any atom is 0.434 e. The van der Waals surface area contributed by atoms with E-state index in [1.54, 1.807) is 23.4 Å². The van der Waals surface area contributed by atoms with Crippen LogP contribution in [0.2, 0.25) is 0 Å². The van der Waals surface area contributed by atoms with Crippen molar-refractivity contribution in [2.75, 3.05) is 26.7 Å². The normalized spacial score (nSPS) is 20.5. The molecule has 0 spiro atoms. The van der Waals surface area contributed by atoms with Crippen LogP contribution < -0.4 is 11.2 Å². The highest BCUT2D eigenvalue weighted by atomic mass is 32.1. The van der Waals surface area contributed by atoms with E-state index in [9.17, 15) is 14.4 Å². The molecule has 4 rings (SSSR count). The van der Waals surface area contributed by atoms with E-state index < -0.39 is 6.09 Å². The number of carboxylic acid groups (broad SMARTS) is 1. The van der Waals surface area contributed by atoms with Crippen molar-refractivity contribution in [2.24, 2.45) is 4.99 Å². The Morgan fingerprint density at radius 1 is 1.29 bits per heavy atom. The van der Waals surface area contributed by atoms with Crippen LogP contribution in [0.25, 0.3) is 10.2 Å². The van der Waals surface area contributed by atoms with Crippen LogP contribution in [0.15, 0.2) is 14.6 Å². The Labute approximate surface area is 183 Å². The number of hydrogen-bond donors (Lipinski definition) is 1. The third-order valence-corrected chi connectivity index (χ3v) is 7.28. The van der Waals surface area contributed by atoms with Crippen LogP contribution in [0.1, 0.15) is 30.2 Å². The van der Waals surface area contributed by atoms with E-state index in [2.05, 4.69) is 4.99 Å². The number of hydrogen-bond acceptors (Lipinski definition) is 5. The highest BCUT2D eigenvalue weighted by Gasteiger charge is 2.28. The molecule has 0 bridgehead atoms. The van der Waals surface area contributed by atoms with Gasteiger partial charge in [0.1, 0.15) is 4.83 Å². The number of fused-ring (bicyclic) bond motifs is 1. The molecule has 2 fully saturated rings. The Bertz CT molecular complexity index is 1160. The van der Waals surface area contributed by atoms with Crippen molar-refractivity contribution >= 4 is 33.6 Å². The van der Waals surface area contributed by atoms with E-state index in [1.807, 2.05) is 11.8 Å². The second-order valence-corrected chi connectivity index (χ2v) is 9.03. The molecule has 0 aromatic carbocycles. The number of aliphatic imine (C=N–C) groups is 1. The van der Waals surface area contributed by atoms with Crippen LogP contribution in [0.5, 0.6) is 0 Å². The van der Waals surface area contributed by atoms with Gasteiger partial charge in [0.25, 0.3) is 5.56 Å². The van der Waals surface area contributed by atoms with Crippen LogP contribution in [-0.4, -0.2) is 68.9 Å². The summed E-state index contributed by atoms with van der Waals surface area (Å²) in [4.78, 5) is 46.3. The van der Waals surface area contributed by atoms with Gasteiger partial charge in [0.2, 0.25) is 5.96 Å². The number of aryl methyl sites for hydroxylation is 1. The van der Waals surface area contributed by atoms with Crippen molar-refractivity contribution in [3.63, 3.8) is 0 Å². The van der Waals surface area contributed by atoms with Crippen LogP contribution in [0.4, 0.5) is 4.79 Å². The van der Waals surface area contributed by atoms with E-state index in [1.165, 1.54) is 15.9 Å². The molecular formula is C20H27N5O5S. The molecule has 1 amide bonds. The van der Waals surface area contributed by atoms with E-state index >= 15 is 0 Å². The van der Waals surface area contributed by atoms with E-state index in [4.69, 9.17) is 9.84 Å². The highest BCUT2D eigenvalue weighted by molar-refractivity contribution is 7.18. The topological polar surface area (TPSA) is 109 Å². The summed E-state index contributed by atoms with van der Waals surface area (Å²) >= 11 is 1.42. The maximum absolute atomic E-state index is 13.1. The van der Waals surface area contributed by atoms with Gasteiger partial charge in [-0.1, -0.05) is 0 Å². The number of aromatic nitrogens is 2. The predicted octanol–water partition coefficient (Wildman–Crippen LogP) is 1.51. The number of carbonyl (C=O) groups is 1. The first-order valence-corrected chi connectivity index (χ1v) is 11.3. The second kappa shape index (κ2) is 8.46. The molecule has 2 aromatic rings. The number of nitrogens with zero attached hydrogens (tertiary/aromatic N) is 5. The third kappa shape index (κ3) is 3.87. The maximum atomic E-state index is 13.1. The molecule has 168 valence electrons. The van der Waals surface area contributed by atoms with Crippen LogP contribution >= 0.6 is 11.3 Å². The Kier molecular flexibility index (Phi) is 5.89. The minimum absolute atomic E-state index is 0.0314. The van der Waals surface area contributed by atoms with Gasteiger partial charge in [-0.2, -0.15) is 0 Å². The van der Waals surface area contributed by atoms with E-state index in [0.717, 1.165) is 23.3 Å². The summed E-state index contributed by atoms with van der Waals surface area (Å²) in [6, 6.07) is 0. The third-order valence-electron chi connectivity index (χ3n) is 5.98. The molecule has 2 aromatic heterocycles. The molecule has 1 atom stereocenters. The standard InChI is InChI=1S/C20H27N5O5S/c1-4-24-16(26)15-12(2)14(11-23-8-7-22(3)18(23)21-19(27)28)31-17(15)25(20(24)29)10-13-6-5-9-30-13/h13H,4-11H2,1-3H3,(H,27,28). The van der Waals surface area contributed by atoms with Gasteiger partial charge in [0, 0.05) is 38.2 Å². The van der Waals surface area contributed by atoms with Crippen molar-refractivity contribution in [1.82, 2.24) is 18.9 Å². The minimum Gasteiger partial charge on any atom is -0.463 e. The molecule has 2 aliphatic heterocycles. The number of amides is 1. The summed E-state index contributed by atoms with van der Waals surface area (Å²) in [5.74, 6) is 0.395. The fraction of sp³-hybridized carbons (Fsp3) is 0.600. The molecule has 10 nitrogen and oxygen atoms in total. The van der Waals surface area contributed by atoms with Crippen molar-refractivity contribution in [3.05, 3.63) is 31.3 Å². The quantitative estimate of drug-likeness (QED) is 0.737. The van der Waals surface area contributed by atoms with Crippen LogP contribution in [0, 0.1) is 6.92 Å². The lowest BCUT2D eigenvalue weighted by Gasteiger charge is -2.19. The van der Waals surface area contributed by atoms with Gasteiger partial charge in [-0.3, -0.25) is 13.9 Å². The Morgan fingerprint density at radius 3 is 2.71 bits per heavy atom. The first-order chi connectivity index (χ1) is 14.8. The lowest BCUT2D eigenvalue weighted by atomic mass is 10.2. The first-order valence-electron chi connectivity index (χ1n) is 10.5. The number of guanidine groups is 1. The molecule has 1 unspecified atom stereocenters. The second-order valence-electron chi connectivity index (χ2n) is 7.95. The fourth-order valence-electron chi connectivity index (χ4n) is 4.30. The molecule has 0 radical (unpaired) electrons. The van der Waals surface area contributed by atoms with Crippen LogP contribution in [-0.2, 0) is 24.4 Å². The highest BCUT2D eigenvalue weighted by Crippen LogP contribution is 2.30. The average molecular weight is 450 g/mol. The van der Waals surface area contributed by atoms with Crippen LogP contribution in [0.3, 0.4) is 0 Å². The van der Waals surface area contributed by atoms with Gasteiger partial charge < -0.3 is 19.6 Å². The lowest BCUT2D eigenvalue weighted by Crippen LogP contribution is -2.40. The number of thiophene rings is 1. The van der Waals surface area contributed by atoms with Crippen molar-refractivity contribution in [1.29, 1.82) is 0 Å². The van der Waals surface area contributed by atoms with Crippen molar-refractivity contribution < 1.29 is 14.6 Å². The SMILES string of the molecule is CCn1c(=O)c2c(C)c(CN3CCN(C)C3=NC(=O)O)sc2n(CC2CCCO2)c1=O. The monoisotopic (exact) mass is 449 g/mol. The average Bonchev–Trinajstić information content (AvgIpc) is 3.42. The van der Waals surface area contributed by atoms with Gasteiger partial charge in [0.15, 0.2) is 0 Å². The zero-order valence-electron chi connectivity index (χ0n) is 18.0. The van der Waals surface area contributed by atoms with Gasteiger partial charge >= 0.3 is 11.8 Å². The molecule has 11 heteroatoms. The smallest absolute Gasteiger partial charge is 0.434 e. The molecule has 1 N–H and O–H groups in total. The molecule has 0 aliphatic carbocycles. The van der Waals surface area contributed by atoms with Crippen molar-refractivity contribution in [3.8, 4) is 0 Å². The van der Waals surface area contributed by atoms with Crippen molar-refractivity contribution in [2.45, 2.75) is 52.4 Å². The summed E-state index contributed by atoms with van der Waals surface area (Å²) < 4.78 is 8.70. The van der Waals surface area contributed by atoms with Gasteiger partial charge in [-0.25, -0.2) is 9.59 Å². The molecule has 0 saturated carbocycles. The summed E-state index contributed by atoms with van der Waals surface area (Å²) in [7, 11) is 1.80. The number of ether oxygens (including phenoxy) is 1. The predicted molar refractivity (Wildman–Crippen MR) is 118 cm³/mol. The lowest BCUT2D eigenvalue weighted by molar-refractivity contribution is 0.0966. The van der Waals surface area contributed by atoms with Gasteiger partial charge in [0.05, 0.1) is 24.6 Å². The number of likely N-dealkylation sites (N-methyl/N-ethyl adjacent to an activating group) is 1. The minimum atomic E-state index is -1.24. The zero-order chi connectivity index (χ0) is 22.3. The molecule has 31 heavy (non-hydrogen) atoms. The molecule has 2 saturated heterocycles. The van der Waals surface area contributed by atoms with Gasteiger partial charge in [-0.15, -0.1) is 16.3 Å². The largest absolute Gasteiger partial charge is 0.463 e. The molecule has 4 heterocycles. The zero-order valence-corrected chi connectivity index (χ0v) is 18.8. The van der Waals surface area contributed by atoms with Gasteiger partial charge in [-0.05, 0) is 32.3 Å². The van der Waals surface area contributed by atoms with E-state index in [0.29, 0.717) is 55.5 Å².